The number of rotatable bonds is 5. The molecule has 0 unspecified atom stereocenters. The smallest absolute Gasteiger partial charge is 0.467 e. The minimum atomic E-state index is -4.72. The van der Waals surface area contributed by atoms with Gasteiger partial charge < -0.3 is 19.3 Å². The Morgan fingerprint density at radius 1 is 1.10 bits per heavy atom. The second-order valence-electron chi connectivity index (χ2n) is 6.36. The Morgan fingerprint density at radius 2 is 1.86 bits per heavy atom. The number of fused-ring (bicyclic) bond motifs is 1. The summed E-state index contributed by atoms with van der Waals surface area (Å²) in [6.45, 7) is 2.74. The standard InChI is InChI=1S/C20H16F3N3O3/c1-12-8-9-24-18(25-12)11-27-19-16-10-14(4-7-17(16)29-26-19)13-2-5-15(6-3-13)28-20(21,22)23/h2-8,10H,9,11H2,1H3,(H,24,25). The molecule has 0 atom stereocenters. The fourth-order valence-corrected chi connectivity index (χ4v) is 2.88. The molecular formula is C20H16F3N3O3. The summed E-state index contributed by atoms with van der Waals surface area (Å²) in [6.07, 6.45) is -2.76. The van der Waals surface area contributed by atoms with Crippen LogP contribution in [0.15, 0.2) is 63.8 Å². The number of amidine groups is 1. The number of halogens is 3. The summed E-state index contributed by atoms with van der Waals surface area (Å²) in [5, 5.41) is 7.72. The zero-order chi connectivity index (χ0) is 20.4. The van der Waals surface area contributed by atoms with E-state index in [9.17, 15) is 13.2 Å². The average Bonchev–Trinajstić information content (AvgIpc) is 3.08. The van der Waals surface area contributed by atoms with Crippen molar-refractivity contribution in [3.63, 3.8) is 0 Å². The van der Waals surface area contributed by atoms with Crippen LogP contribution in [0.4, 0.5) is 13.2 Å². The number of nitrogens with one attached hydrogen (secondary N) is 1. The van der Waals surface area contributed by atoms with Crippen molar-refractivity contribution in [3.05, 3.63) is 54.2 Å². The molecule has 29 heavy (non-hydrogen) atoms. The number of allylic oxidation sites excluding steroid dienone is 1. The van der Waals surface area contributed by atoms with Crippen molar-refractivity contribution in [3.8, 4) is 22.8 Å². The Kier molecular flexibility index (Phi) is 4.87. The van der Waals surface area contributed by atoms with E-state index >= 15 is 0 Å². The van der Waals surface area contributed by atoms with Crippen LogP contribution in [0.1, 0.15) is 6.92 Å². The molecule has 0 saturated heterocycles. The fourth-order valence-electron chi connectivity index (χ4n) is 2.88. The first-order valence-corrected chi connectivity index (χ1v) is 8.73. The molecular weight excluding hydrogens is 387 g/mol. The molecule has 1 aliphatic heterocycles. The number of hydrogen-bond donors (Lipinski definition) is 1. The largest absolute Gasteiger partial charge is 0.573 e. The van der Waals surface area contributed by atoms with Gasteiger partial charge in [-0.2, -0.15) is 0 Å². The molecule has 1 aromatic heterocycles. The van der Waals surface area contributed by atoms with Crippen LogP contribution in [-0.4, -0.2) is 30.5 Å². The summed E-state index contributed by atoms with van der Waals surface area (Å²) in [5.74, 6) is 0.731. The lowest BCUT2D eigenvalue weighted by Gasteiger charge is -2.14. The van der Waals surface area contributed by atoms with Gasteiger partial charge >= 0.3 is 6.36 Å². The summed E-state index contributed by atoms with van der Waals surface area (Å²) < 4.78 is 51.8. The molecule has 150 valence electrons. The predicted molar refractivity (Wildman–Crippen MR) is 101 cm³/mol. The molecule has 0 fully saturated rings. The van der Waals surface area contributed by atoms with E-state index in [1.54, 1.807) is 24.3 Å². The minimum Gasteiger partial charge on any atom is -0.467 e. The van der Waals surface area contributed by atoms with E-state index < -0.39 is 6.36 Å². The Hall–Kier alpha value is -3.49. The maximum Gasteiger partial charge on any atom is 0.573 e. The van der Waals surface area contributed by atoms with Gasteiger partial charge in [-0.1, -0.05) is 18.2 Å². The van der Waals surface area contributed by atoms with E-state index in [2.05, 4.69) is 20.2 Å². The lowest BCUT2D eigenvalue weighted by atomic mass is 10.0. The topological polar surface area (TPSA) is 68.9 Å². The fraction of sp³-hybridized carbons (Fsp3) is 0.200. The van der Waals surface area contributed by atoms with Crippen LogP contribution in [0.2, 0.25) is 0 Å². The van der Waals surface area contributed by atoms with E-state index in [0.29, 0.717) is 34.8 Å². The van der Waals surface area contributed by atoms with Crippen LogP contribution in [0.25, 0.3) is 22.1 Å². The van der Waals surface area contributed by atoms with E-state index in [0.717, 1.165) is 11.3 Å². The third-order valence-electron chi connectivity index (χ3n) is 4.22. The third kappa shape index (κ3) is 4.50. The highest BCUT2D eigenvalue weighted by atomic mass is 19.4. The van der Waals surface area contributed by atoms with Crippen LogP contribution in [0.5, 0.6) is 11.6 Å². The van der Waals surface area contributed by atoms with Gasteiger partial charge in [0.15, 0.2) is 5.58 Å². The van der Waals surface area contributed by atoms with E-state index in [1.165, 1.54) is 12.1 Å². The van der Waals surface area contributed by atoms with Gasteiger partial charge in [0.2, 0.25) is 0 Å². The predicted octanol–water partition coefficient (Wildman–Crippen LogP) is 4.68. The Morgan fingerprint density at radius 3 is 2.59 bits per heavy atom. The molecule has 9 heteroatoms. The first-order chi connectivity index (χ1) is 13.9. The highest BCUT2D eigenvalue weighted by Crippen LogP contribution is 2.31. The van der Waals surface area contributed by atoms with E-state index in [4.69, 9.17) is 9.26 Å². The van der Waals surface area contributed by atoms with E-state index in [1.807, 2.05) is 19.1 Å². The zero-order valence-corrected chi connectivity index (χ0v) is 15.3. The Labute approximate surface area is 163 Å². The SMILES string of the molecule is CC1=CCN=C(COc2noc3ccc(-c4ccc(OC(F)(F)F)cc4)cc23)N1. The van der Waals surface area contributed by atoms with Crippen LogP contribution >= 0.6 is 0 Å². The van der Waals surface area contributed by atoms with Gasteiger partial charge in [0.25, 0.3) is 5.88 Å². The number of ether oxygens (including phenoxy) is 2. The zero-order valence-electron chi connectivity index (χ0n) is 15.3. The minimum absolute atomic E-state index is 0.209. The van der Waals surface area contributed by atoms with Crippen molar-refractivity contribution in [2.24, 2.45) is 4.99 Å². The van der Waals surface area contributed by atoms with Gasteiger partial charge in [-0.25, -0.2) is 0 Å². The number of aromatic nitrogens is 1. The molecule has 6 nitrogen and oxygen atoms in total. The second-order valence-corrected chi connectivity index (χ2v) is 6.36. The van der Waals surface area contributed by atoms with Gasteiger partial charge in [0, 0.05) is 5.70 Å². The average molecular weight is 403 g/mol. The molecule has 2 heterocycles. The van der Waals surface area contributed by atoms with Crippen molar-refractivity contribution in [2.75, 3.05) is 13.2 Å². The summed E-state index contributed by atoms with van der Waals surface area (Å²) in [4.78, 5) is 4.31. The van der Waals surface area contributed by atoms with Crippen LogP contribution in [0, 0.1) is 0 Å². The molecule has 0 saturated carbocycles. The van der Waals surface area contributed by atoms with E-state index in [-0.39, 0.29) is 12.4 Å². The molecule has 1 aliphatic rings. The van der Waals surface area contributed by atoms with Gasteiger partial charge in [0.1, 0.15) is 18.2 Å². The third-order valence-corrected chi connectivity index (χ3v) is 4.22. The molecule has 0 spiro atoms. The number of benzene rings is 2. The van der Waals surface area contributed by atoms with Crippen LogP contribution < -0.4 is 14.8 Å². The Bertz CT molecular complexity index is 1090. The van der Waals surface area contributed by atoms with Gasteiger partial charge in [-0.05, 0) is 53.5 Å². The molecule has 0 amide bonds. The number of nitrogens with zero attached hydrogens (tertiary/aromatic N) is 2. The molecule has 4 rings (SSSR count). The molecule has 2 aromatic carbocycles. The molecule has 0 radical (unpaired) electrons. The highest BCUT2D eigenvalue weighted by Gasteiger charge is 2.31. The van der Waals surface area contributed by atoms with Gasteiger partial charge in [-0.3, -0.25) is 4.99 Å². The lowest BCUT2D eigenvalue weighted by molar-refractivity contribution is -0.274. The lowest BCUT2D eigenvalue weighted by Crippen LogP contribution is -2.30. The first kappa shape index (κ1) is 18.9. The van der Waals surface area contributed by atoms with Crippen molar-refractivity contribution in [2.45, 2.75) is 13.3 Å². The van der Waals surface area contributed by atoms with Gasteiger partial charge in [0.05, 0.1) is 11.9 Å². The van der Waals surface area contributed by atoms with Crippen LogP contribution in [-0.2, 0) is 0 Å². The monoisotopic (exact) mass is 403 g/mol. The maximum atomic E-state index is 12.3. The first-order valence-electron chi connectivity index (χ1n) is 8.73. The summed E-state index contributed by atoms with van der Waals surface area (Å²) in [7, 11) is 0. The maximum absolute atomic E-state index is 12.3. The highest BCUT2D eigenvalue weighted by molar-refractivity contribution is 5.89. The van der Waals surface area contributed by atoms with Crippen molar-refractivity contribution in [1.82, 2.24) is 10.5 Å². The van der Waals surface area contributed by atoms with Crippen molar-refractivity contribution < 1.29 is 27.2 Å². The normalized spacial score (nSPS) is 14.2. The van der Waals surface area contributed by atoms with Crippen molar-refractivity contribution in [1.29, 1.82) is 0 Å². The van der Waals surface area contributed by atoms with Crippen molar-refractivity contribution >= 4 is 16.8 Å². The number of alkyl halides is 3. The quantitative estimate of drug-likeness (QED) is 0.670. The summed E-state index contributed by atoms with van der Waals surface area (Å²) in [6, 6.07) is 11.0. The number of aliphatic imine (C=N–C) groups is 1. The summed E-state index contributed by atoms with van der Waals surface area (Å²) in [5.41, 5.74) is 3.03. The molecule has 0 bridgehead atoms. The molecule has 3 aromatic rings. The van der Waals surface area contributed by atoms with Gasteiger partial charge in [-0.15, -0.1) is 13.2 Å². The second kappa shape index (κ2) is 7.50. The Balaban J connectivity index is 1.53. The van der Waals surface area contributed by atoms with Crippen LogP contribution in [0.3, 0.4) is 0 Å². The molecule has 1 N–H and O–H groups in total. The number of hydrogen-bond acceptors (Lipinski definition) is 6. The molecule has 0 aliphatic carbocycles. The summed E-state index contributed by atoms with van der Waals surface area (Å²) >= 11 is 0.